The molecule has 0 saturated heterocycles. The van der Waals surface area contributed by atoms with Crippen LogP contribution in [0.25, 0.3) is 0 Å². The lowest BCUT2D eigenvalue weighted by molar-refractivity contribution is -0.124. The van der Waals surface area contributed by atoms with Gasteiger partial charge in [-0.1, -0.05) is 41.5 Å². The minimum Gasteiger partial charge on any atom is -0.353 e. The number of carbonyl (C=O) groups excluding carboxylic acids is 1. The van der Waals surface area contributed by atoms with E-state index in [2.05, 4.69) is 53.8 Å². The van der Waals surface area contributed by atoms with Crippen molar-refractivity contribution in [3.05, 3.63) is 0 Å². The van der Waals surface area contributed by atoms with Crippen LogP contribution in [0.2, 0.25) is 0 Å². The fourth-order valence-corrected chi connectivity index (χ4v) is 0.991. The van der Waals surface area contributed by atoms with Crippen LogP contribution in [-0.4, -0.2) is 11.9 Å². The zero-order chi connectivity index (χ0) is 11.6. The van der Waals surface area contributed by atoms with Crippen molar-refractivity contribution in [1.29, 1.82) is 0 Å². The van der Waals surface area contributed by atoms with Crippen molar-refractivity contribution in [2.75, 3.05) is 0 Å². The first kappa shape index (κ1) is 13.5. The highest BCUT2D eigenvalue weighted by atomic mass is 16.1. The van der Waals surface area contributed by atoms with Crippen LogP contribution >= 0.6 is 0 Å². The molecule has 0 aromatic heterocycles. The first-order valence-electron chi connectivity index (χ1n) is 5.32. The van der Waals surface area contributed by atoms with Gasteiger partial charge in [-0.15, -0.1) is 0 Å². The highest BCUT2D eigenvalue weighted by Crippen LogP contribution is 2.21. The van der Waals surface area contributed by atoms with Crippen LogP contribution in [0.15, 0.2) is 0 Å². The molecule has 0 rings (SSSR count). The number of carbonyl (C=O) groups is 1. The third-order valence-corrected chi connectivity index (χ3v) is 2.37. The van der Waals surface area contributed by atoms with E-state index in [9.17, 15) is 4.79 Å². The van der Waals surface area contributed by atoms with Crippen LogP contribution < -0.4 is 5.32 Å². The number of hydrogen-bond acceptors (Lipinski definition) is 1. The van der Waals surface area contributed by atoms with Gasteiger partial charge >= 0.3 is 0 Å². The summed E-state index contributed by atoms with van der Waals surface area (Å²) in [7, 11) is 0. The van der Waals surface area contributed by atoms with Crippen LogP contribution in [0.5, 0.6) is 0 Å². The maximum Gasteiger partial charge on any atom is 0.220 e. The summed E-state index contributed by atoms with van der Waals surface area (Å²) in [6.07, 6.45) is 0.591. The Morgan fingerprint density at radius 2 is 1.57 bits per heavy atom. The molecule has 2 heteroatoms. The van der Waals surface area contributed by atoms with E-state index < -0.39 is 0 Å². The van der Waals surface area contributed by atoms with Crippen LogP contribution in [0, 0.1) is 10.8 Å². The Kier molecular flexibility index (Phi) is 4.16. The largest absolute Gasteiger partial charge is 0.353 e. The fraction of sp³-hybridized carbons (Fsp3) is 0.917. The lowest BCUT2D eigenvalue weighted by atomic mass is 9.87. The van der Waals surface area contributed by atoms with Crippen LogP contribution in [0.1, 0.15) is 54.9 Å². The number of rotatable bonds is 2. The van der Waals surface area contributed by atoms with E-state index in [1.165, 1.54) is 0 Å². The predicted octanol–water partition coefficient (Wildman–Crippen LogP) is 2.97. The van der Waals surface area contributed by atoms with E-state index in [0.29, 0.717) is 6.42 Å². The van der Waals surface area contributed by atoms with Crippen molar-refractivity contribution < 1.29 is 4.79 Å². The third-order valence-electron chi connectivity index (χ3n) is 2.37. The van der Waals surface area contributed by atoms with Gasteiger partial charge in [0.05, 0.1) is 0 Å². The van der Waals surface area contributed by atoms with Gasteiger partial charge in [0.1, 0.15) is 0 Å². The maximum atomic E-state index is 11.6. The van der Waals surface area contributed by atoms with Crippen molar-refractivity contribution in [3.63, 3.8) is 0 Å². The van der Waals surface area contributed by atoms with Gasteiger partial charge in [0, 0.05) is 12.5 Å². The molecule has 0 fully saturated rings. The summed E-state index contributed by atoms with van der Waals surface area (Å²) in [6.45, 7) is 14.7. The average Bonchev–Trinajstić information content (AvgIpc) is 1.79. The van der Waals surface area contributed by atoms with Gasteiger partial charge in [-0.05, 0) is 17.8 Å². The molecule has 1 N–H and O–H groups in total. The quantitative estimate of drug-likeness (QED) is 0.728. The average molecular weight is 199 g/mol. The van der Waals surface area contributed by atoms with Crippen molar-refractivity contribution >= 4 is 5.91 Å². The second-order valence-corrected chi connectivity index (χ2v) is 6.39. The van der Waals surface area contributed by atoms with Gasteiger partial charge in [0.2, 0.25) is 5.91 Å². The summed E-state index contributed by atoms with van der Waals surface area (Å²) in [6, 6.07) is 0.220. The Bertz CT molecular complexity index is 195. The molecule has 0 aromatic rings. The van der Waals surface area contributed by atoms with Gasteiger partial charge in [0.25, 0.3) is 0 Å². The third kappa shape index (κ3) is 6.01. The molecule has 0 aliphatic rings. The molecular weight excluding hydrogens is 174 g/mol. The van der Waals surface area contributed by atoms with Crippen LogP contribution in [0.3, 0.4) is 0 Å². The van der Waals surface area contributed by atoms with Gasteiger partial charge in [-0.2, -0.15) is 0 Å². The lowest BCUT2D eigenvalue weighted by Gasteiger charge is -2.29. The standard InChI is InChI=1S/C12H25NO/c1-9(12(5,6)7)13-10(14)8-11(2,3)4/h9H,8H2,1-7H3,(H,13,14). The van der Waals surface area contributed by atoms with Crippen molar-refractivity contribution in [3.8, 4) is 0 Å². The highest BCUT2D eigenvalue weighted by Gasteiger charge is 2.23. The number of nitrogens with one attached hydrogen (secondary N) is 1. The molecule has 84 valence electrons. The fourth-order valence-electron chi connectivity index (χ4n) is 0.991. The zero-order valence-corrected chi connectivity index (χ0v) is 10.7. The number of amides is 1. The molecule has 2 nitrogen and oxygen atoms in total. The second kappa shape index (κ2) is 4.33. The molecule has 0 saturated carbocycles. The summed E-state index contributed by atoms with van der Waals surface area (Å²) in [5.74, 6) is 0.153. The molecule has 1 unspecified atom stereocenters. The van der Waals surface area contributed by atoms with Crippen molar-refractivity contribution in [2.24, 2.45) is 10.8 Å². The molecule has 0 radical (unpaired) electrons. The molecule has 1 amide bonds. The molecule has 0 bridgehead atoms. The molecule has 0 spiro atoms. The first-order valence-corrected chi connectivity index (χ1v) is 5.32. The molecule has 0 aliphatic carbocycles. The monoisotopic (exact) mass is 199 g/mol. The number of hydrogen-bond donors (Lipinski definition) is 1. The minimum absolute atomic E-state index is 0.0711. The van der Waals surface area contributed by atoms with Gasteiger partial charge in [0.15, 0.2) is 0 Å². The molecule has 0 heterocycles. The Balaban J connectivity index is 4.09. The first-order chi connectivity index (χ1) is 6.02. The maximum absolute atomic E-state index is 11.6. The van der Waals surface area contributed by atoms with E-state index in [0.717, 1.165) is 0 Å². The van der Waals surface area contributed by atoms with Gasteiger partial charge in [-0.3, -0.25) is 4.79 Å². The zero-order valence-electron chi connectivity index (χ0n) is 10.7. The molecule has 14 heavy (non-hydrogen) atoms. The van der Waals surface area contributed by atoms with Gasteiger partial charge in [-0.25, -0.2) is 0 Å². The SMILES string of the molecule is CC(NC(=O)CC(C)(C)C)C(C)(C)C. The van der Waals surface area contributed by atoms with E-state index >= 15 is 0 Å². The minimum atomic E-state index is 0.0711. The summed E-state index contributed by atoms with van der Waals surface area (Å²) in [4.78, 5) is 11.6. The Labute approximate surface area is 88.5 Å². The van der Waals surface area contributed by atoms with E-state index in [1.54, 1.807) is 0 Å². The lowest BCUT2D eigenvalue weighted by Crippen LogP contribution is -2.42. The predicted molar refractivity (Wildman–Crippen MR) is 61.1 cm³/mol. The van der Waals surface area contributed by atoms with E-state index in [1.807, 2.05) is 0 Å². The second-order valence-electron chi connectivity index (χ2n) is 6.39. The Hall–Kier alpha value is -0.530. The Morgan fingerprint density at radius 1 is 1.14 bits per heavy atom. The van der Waals surface area contributed by atoms with Gasteiger partial charge < -0.3 is 5.32 Å². The Morgan fingerprint density at radius 3 is 1.86 bits per heavy atom. The topological polar surface area (TPSA) is 29.1 Å². The van der Waals surface area contributed by atoms with E-state index in [-0.39, 0.29) is 22.8 Å². The van der Waals surface area contributed by atoms with Crippen LogP contribution in [0.4, 0.5) is 0 Å². The molecular formula is C12H25NO. The summed E-state index contributed by atoms with van der Waals surface area (Å²) in [5.41, 5.74) is 0.204. The van der Waals surface area contributed by atoms with E-state index in [4.69, 9.17) is 0 Å². The highest BCUT2D eigenvalue weighted by molar-refractivity contribution is 5.76. The summed E-state index contributed by atoms with van der Waals surface area (Å²) < 4.78 is 0. The summed E-state index contributed by atoms with van der Waals surface area (Å²) in [5, 5.41) is 3.04. The summed E-state index contributed by atoms with van der Waals surface area (Å²) >= 11 is 0. The van der Waals surface area contributed by atoms with Crippen molar-refractivity contribution in [1.82, 2.24) is 5.32 Å². The molecule has 0 aliphatic heterocycles. The normalized spacial score (nSPS) is 15.1. The van der Waals surface area contributed by atoms with Crippen molar-refractivity contribution in [2.45, 2.75) is 60.9 Å². The molecule has 0 aromatic carbocycles. The smallest absolute Gasteiger partial charge is 0.220 e. The van der Waals surface area contributed by atoms with Crippen LogP contribution in [-0.2, 0) is 4.79 Å². The molecule has 1 atom stereocenters.